The fourth-order valence-corrected chi connectivity index (χ4v) is 6.08. The number of aliphatic hydroxyl groups excluding tert-OH is 2. The lowest BCUT2D eigenvalue weighted by Gasteiger charge is -2.50. The van der Waals surface area contributed by atoms with Gasteiger partial charge in [0.05, 0.1) is 11.6 Å². The number of fused-ring (bicyclic) bond motifs is 3. The number of aromatic hydroxyl groups is 2. The van der Waals surface area contributed by atoms with E-state index in [-0.39, 0.29) is 35.5 Å². The van der Waals surface area contributed by atoms with Crippen molar-refractivity contribution in [2.45, 2.75) is 24.5 Å². The molecule has 1 fully saturated rings. The molecule has 2 aromatic carbocycles. The summed E-state index contributed by atoms with van der Waals surface area (Å²) in [6.07, 6.45) is 0.119. The van der Waals surface area contributed by atoms with Gasteiger partial charge in [-0.1, -0.05) is 17.9 Å². The van der Waals surface area contributed by atoms with Crippen LogP contribution in [-0.4, -0.2) is 73.6 Å². The van der Waals surface area contributed by atoms with Crippen molar-refractivity contribution >= 4 is 23.2 Å². The van der Waals surface area contributed by atoms with Crippen LogP contribution in [0.1, 0.15) is 28.7 Å². The van der Waals surface area contributed by atoms with Gasteiger partial charge in [-0.25, -0.2) is 0 Å². The first-order chi connectivity index (χ1) is 18.4. The topological polar surface area (TPSA) is 182 Å². The Hall–Kier alpha value is -4.59. The fraction of sp³-hybridized carbons (Fsp3) is 0.276. The van der Waals surface area contributed by atoms with Gasteiger partial charge >= 0.3 is 0 Å². The number of phenolic OH excluding ortho intramolecular Hbond substituents is 2. The molecule has 0 heterocycles. The minimum Gasteiger partial charge on any atom is -0.508 e. The lowest BCUT2D eigenvalue weighted by molar-refractivity contribution is -0.153. The number of ketones is 2. The Morgan fingerprint density at radius 3 is 2.44 bits per heavy atom. The summed E-state index contributed by atoms with van der Waals surface area (Å²) in [5.41, 5.74) is 3.00. The summed E-state index contributed by atoms with van der Waals surface area (Å²) in [6.45, 7) is 0. The van der Waals surface area contributed by atoms with Crippen molar-refractivity contribution < 1.29 is 39.9 Å². The molecule has 2 aromatic rings. The molecule has 0 aromatic heterocycles. The van der Waals surface area contributed by atoms with Crippen LogP contribution in [0.5, 0.6) is 11.5 Å². The zero-order valence-corrected chi connectivity index (χ0v) is 21.1. The zero-order valence-electron chi connectivity index (χ0n) is 21.1. The molecule has 3 aliphatic rings. The summed E-state index contributed by atoms with van der Waals surface area (Å²) in [5, 5.41) is 54.2. The Labute approximate surface area is 223 Å². The average molecular weight is 531 g/mol. The number of phenols is 2. The third-order valence-corrected chi connectivity index (χ3v) is 7.79. The average Bonchev–Trinajstić information content (AvgIpc) is 2.85. The van der Waals surface area contributed by atoms with E-state index < -0.39 is 58.0 Å². The Kier molecular flexibility index (Phi) is 6.01. The highest BCUT2D eigenvalue weighted by atomic mass is 16.3. The number of benzene rings is 2. The highest BCUT2D eigenvalue weighted by Crippen LogP contribution is 2.52. The van der Waals surface area contributed by atoms with E-state index in [4.69, 9.17) is 5.73 Å². The minimum atomic E-state index is -2.69. The predicted octanol–water partition coefficient (Wildman–Crippen LogP) is 1.07. The number of rotatable bonds is 2. The molecule has 0 aliphatic heterocycles. The number of aliphatic hydroxyl groups is 3. The maximum Gasteiger partial charge on any atom is 0.255 e. The number of primary amides is 1. The highest BCUT2D eigenvalue weighted by Gasteiger charge is 2.64. The number of hydrogen-bond acceptors (Lipinski definition) is 9. The number of carbonyl (C=O) groups is 3. The van der Waals surface area contributed by atoms with Crippen molar-refractivity contribution in [1.82, 2.24) is 4.90 Å². The summed E-state index contributed by atoms with van der Waals surface area (Å²) >= 11 is 0. The van der Waals surface area contributed by atoms with Crippen LogP contribution in [0.15, 0.2) is 53.3 Å². The largest absolute Gasteiger partial charge is 0.508 e. The van der Waals surface area contributed by atoms with E-state index in [2.05, 4.69) is 11.8 Å². The molecule has 0 spiro atoms. The van der Waals surface area contributed by atoms with E-state index in [1.807, 2.05) is 0 Å². The number of nitrogens with zero attached hydrogens (tertiary/aromatic N) is 1. The van der Waals surface area contributed by atoms with Crippen LogP contribution in [-0.2, 0) is 20.8 Å². The van der Waals surface area contributed by atoms with Gasteiger partial charge in [0, 0.05) is 22.6 Å². The lowest BCUT2D eigenvalue weighted by atomic mass is 9.57. The molecular formula is C29H26N2O8. The molecule has 10 nitrogen and oxygen atoms in total. The Balaban J connectivity index is 1.69. The van der Waals surface area contributed by atoms with Gasteiger partial charge in [0.2, 0.25) is 5.78 Å². The summed E-state index contributed by atoms with van der Waals surface area (Å²) < 4.78 is 0. The summed E-state index contributed by atoms with van der Waals surface area (Å²) in [7, 11) is 3.08. The molecule has 0 radical (unpaired) electrons. The first kappa shape index (κ1) is 26.0. The summed E-state index contributed by atoms with van der Waals surface area (Å²) in [4.78, 5) is 40.5. The Morgan fingerprint density at radius 2 is 1.79 bits per heavy atom. The number of hydrogen-bond donors (Lipinski definition) is 6. The van der Waals surface area contributed by atoms with E-state index >= 15 is 0 Å². The maximum absolute atomic E-state index is 13.9. The van der Waals surface area contributed by atoms with Gasteiger partial charge in [-0.15, -0.1) is 0 Å². The molecule has 5 rings (SSSR count). The highest BCUT2D eigenvalue weighted by molar-refractivity contribution is 6.24. The zero-order chi connectivity index (χ0) is 28.4. The van der Waals surface area contributed by atoms with Crippen molar-refractivity contribution in [3.8, 4) is 23.3 Å². The van der Waals surface area contributed by atoms with Gasteiger partial charge in [-0.2, -0.15) is 0 Å². The summed E-state index contributed by atoms with van der Waals surface area (Å²) in [6, 6.07) is 8.07. The summed E-state index contributed by atoms with van der Waals surface area (Å²) in [5.74, 6) is -1.08. The SMILES string of the molecule is CN(C)[C@H]1C(=O)C(C(N)=O)=C(O)[C@@]2(O)C(=O)C3=C(O)c4c(O)ccc(C#Cc5cccc(O)c5)c4C[C@@H]3C[C@H]12. The fourth-order valence-electron chi connectivity index (χ4n) is 6.08. The van der Waals surface area contributed by atoms with Crippen molar-refractivity contribution in [3.63, 3.8) is 0 Å². The maximum atomic E-state index is 13.9. The second-order valence-electron chi connectivity index (χ2n) is 10.2. The Morgan fingerprint density at radius 1 is 1.08 bits per heavy atom. The van der Waals surface area contributed by atoms with Crippen molar-refractivity contribution in [3.05, 3.63) is 75.6 Å². The van der Waals surface area contributed by atoms with Crippen LogP contribution in [0, 0.1) is 23.7 Å². The third kappa shape index (κ3) is 3.78. The molecule has 200 valence electrons. The standard InChI is InChI=1S/C29H26N2O8/c1-31(2)23-18-12-15-11-17-14(7-6-13-4-3-5-16(32)10-13)8-9-19(33)21(17)24(34)20(15)26(36)29(18,39)27(37)22(25(23)35)28(30)38/h3-5,8-10,15,18,23,32-34,37,39H,11-12H2,1-2H3,(H2,30,38)/t15-,18-,23-,29+/m1/s1. The van der Waals surface area contributed by atoms with Gasteiger partial charge in [-0.3, -0.25) is 19.3 Å². The van der Waals surface area contributed by atoms with E-state index in [9.17, 15) is 39.9 Å². The molecule has 3 aliphatic carbocycles. The van der Waals surface area contributed by atoms with Gasteiger partial charge < -0.3 is 31.3 Å². The first-order valence-electron chi connectivity index (χ1n) is 12.2. The van der Waals surface area contributed by atoms with E-state index in [0.717, 1.165) is 0 Å². The van der Waals surface area contributed by atoms with E-state index in [0.29, 0.717) is 16.7 Å². The smallest absolute Gasteiger partial charge is 0.255 e. The van der Waals surface area contributed by atoms with Crippen LogP contribution < -0.4 is 5.73 Å². The van der Waals surface area contributed by atoms with Crippen LogP contribution in [0.25, 0.3) is 5.76 Å². The van der Waals surface area contributed by atoms with Crippen molar-refractivity contribution in [1.29, 1.82) is 0 Å². The van der Waals surface area contributed by atoms with Gasteiger partial charge in [-0.05, 0) is 68.8 Å². The number of amides is 1. The van der Waals surface area contributed by atoms with Crippen molar-refractivity contribution in [2.24, 2.45) is 17.6 Å². The van der Waals surface area contributed by atoms with Gasteiger partial charge in [0.15, 0.2) is 11.4 Å². The molecule has 1 amide bonds. The molecular weight excluding hydrogens is 504 g/mol. The van der Waals surface area contributed by atoms with Gasteiger partial charge in [0.25, 0.3) is 5.91 Å². The lowest BCUT2D eigenvalue weighted by Crippen LogP contribution is -2.65. The molecule has 0 saturated heterocycles. The van der Waals surface area contributed by atoms with E-state index in [1.54, 1.807) is 32.3 Å². The van der Waals surface area contributed by atoms with Crippen molar-refractivity contribution in [2.75, 3.05) is 14.1 Å². The number of carbonyl (C=O) groups excluding carboxylic acids is 3. The number of Topliss-reactive ketones (excluding diaryl/α,β-unsaturated/α-hetero) is 2. The predicted molar refractivity (Wildman–Crippen MR) is 138 cm³/mol. The monoisotopic (exact) mass is 530 g/mol. The Bertz CT molecular complexity index is 1590. The van der Waals surface area contributed by atoms with Gasteiger partial charge in [0.1, 0.15) is 28.6 Å². The van der Waals surface area contributed by atoms with Crippen LogP contribution in [0.4, 0.5) is 0 Å². The molecule has 4 atom stereocenters. The molecule has 39 heavy (non-hydrogen) atoms. The number of nitrogens with two attached hydrogens (primary N) is 1. The molecule has 7 N–H and O–H groups in total. The van der Waals surface area contributed by atoms with Crippen LogP contribution in [0.3, 0.4) is 0 Å². The molecule has 0 bridgehead atoms. The molecule has 10 heteroatoms. The van der Waals surface area contributed by atoms with Crippen LogP contribution >= 0.6 is 0 Å². The quantitative estimate of drug-likeness (QED) is 0.244. The molecule has 0 unspecified atom stereocenters. The number of likely N-dealkylation sites (N-methyl/N-ethyl adjacent to an activating group) is 1. The molecule has 1 saturated carbocycles. The second kappa shape index (κ2) is 9.01. The van der Waals surface area contributed by atoms with Crippen LogP contribution in [0.2, 0.25) is 0 Å². The second-order valence-corrected chi connectivity index (χ2v) is 10.2. The first-order valence-corrected chi connectivity index (χ1v) is 12.2. The van der Waals surface area contributed by atoms with E-state index in [1.165, 1.54) is 23.1 Å². The normalized spacial score (nSPS) is 26.0. The minimum absolute atomic E-state index is 0.0131. The third-order valence-electron chi connectivity index (χ3n) is 7.79.